The number of aliphatic hydroxyl groups excluding tert-OH is 3. The summed E-state index contributed by atoms with van der Waals surface area (Å²) in [7, 11) is 0. The fourth-order valence-corrected chi connectivity index (χ4v) is 2.32. The predicted octanol–water partition coefficient (Wildman–Crippen LogP) is 0.213. The highest BCUT2D eigenvalue weighted by molar-refractivity contribution is 5.13. The van der Waals surface area contributed by atoms with Crippen molar-refractivity contribution in [3.8, 4) is 0 Å². The summed E-state index contributed by atoms with van der Waals surface area (Å²) in [5.41, 5.74) is 0.925. The van der Waals surface area contributed by atoms with Crippen molar-refractivity contribution in [3.05, 3.63) is 48.6 Å². The Bertz CT molecular complexity index is 451. The summed E-state index contributed by atoms with van der Waals surface area (Å²) >= 11 is 0. The van der Waals surface area contributed by atoms with Gasteiger partial charge in [0, 0.05) is 0 Å². The van der Waals surface area contributed by atoms with Crippen LogP contribution in [-0.2, 0) is 20.8 Å². The highest BCUT2D eigenvalue weighted by atomic mass is 16.7. The molecule has 1 fully saturated rings. The zero-order valence-electron chi connectivity index (χ0n) is 12.2. The summed E-state index contributed by atoms with van der Waals surface area (Å²) in [6, 6.07) is 9.44. The molecular formula is C16H22O6. The quantitative estimate of drug-likeness (QED) is 0.624. The van der Waals surface area contributed by atoms with Gasteiger partial charge >= 0.3 is 0 Å². The van der Waals surface area contributed by atoms with Crippen molar-refractivity contribution >= 4 is 0 Å². The van der Waals surface area contributed by atoms with Crippen LogP contribution in [0.5, 0.6) is 0 Å². The zero-order chi connectivity index (χ0) is 15.9. The number of rotatable bonds is 7. The van der Waals surface area contributed by atoms with Crippen molar-refractivity contribution in [1.82, 2.24) is 0 Å². The summed E-state index contributed by atoms with van der Waals surface area (Å²) in [4.78, 5) is 0. The normalized spacial score (nSPS) is 31.9. The van der Waals surface area contributed by atoms with Crippen molar-refractivity contribution in [1.29, 1.82) is 0 Å². The van der Waals surface area contributed by atoms with Crippen LogP contribution in [0.15, 0.2) is 43.0 Å². The Morgan fingerprint density at radius 2 is 1.86 bits per heavy atom. The standard InChI is InChI=1S/C16H22O6/c1-2-8-20-15-13(18)12(9-17)22-16(14(15)19)21-10-11-6-4-3-5-7-11/h2-7,12-19H,1,8-10H2/t12-,13-,14+,15+,16+/m1/s1. The Morgan fingerprint density at radius 1 is 1.14 bits per heavy atom. The van der Waals surface area contributed by atoms with E-state index < -0.39 is 37.3 Å². The second kappa shape index (κ2) is 8.38. The van der Waals surface area contributed by atoms with Crippen LogP contribution in [0.25, 0.3) is 0 Å². The number of ether oxygens (including phenoxy) is 3. The lowest BCUT2D eigenvalue weighted by Crippen LogP contribution is -2.60. The van der Waals surface area contributed by atoms with Crippen LogP contribution in [0.1, 0.15) is 5.56 Å². The first-order chi connectivity index (χ1) is 10.7. The van der Waals surface area contributed by atoms with Gasteiger partial charge in [-0.3, -0.25) is 0 Å². The van der Waals surface area contributed by atoms with Gasteiger partial charge in [-0.25, -0.2) is 0 Å². The van der Waals surface area contributed by atoms with Crippen LogP contribution in [-0.4, -0.2) is 59.2 Å². The van der Waals surface area contributed by atoms with Crippen molar-refractivity contribution < 1.29 is 29.5 Å². The van der Waals surface area contributed by atoms with Crippen molar-refractivity contribution in [2.75, 3.05) is 13.2 Å². The van der Waals surface area contributed by atoms with Crippen LogP contribution in [0, 0.1) is 0 Å². The van der Waals surface area contributed by atoms with E-state index in [-0.39, 0.29) is 13.2 Å². The maximum absolute atomic E-state index is 10.3. The summed E-state index contributed by atoms with van der Waals surface area (Å²) in [6.45, 7) is 3.54. The largest absolute Gasteiger partial charge is 0.394 e. The van der Waals surface area contributed by atoms with E-state index in [9.17, 15) is 15.3 Å². The third-order valence-electron chi connectivity index (χ3n) is 3.49. The lowest BCUT2D eigenvalue weighted by molar-refractivity contribution is -0.309. The molecule has 2 rings (SSSR count). The smallest absolute Gasteiger partial charge is 0.187 e. The minimum absolute atomic E-state index is 0.169. The minimum Gasteiger partial charge on any atom is -0.394 e. The predicted molar refractivity (Wildman–Crippen MR) is 78.9 cm³/mol. The highest BCUT2D eigenvalue weighted by Gasteiger charge is 2.45. The zero-order valence-corrected chi connectivity index (χ0v) is 12.2. The molecule has 0 radical (unpaired) electrons. The van der Waals surface area contributed by atoms with Gasteiger partial charge in [-0.2, -0.15) is 0 Å². The van der Waals surface area contributed by atoms with E-state index in [1.807, 2.05) is 30.3 Å². The summed E-state index contributed by atoms with van der Waals surface area (Å²) in [5.74, 6) is 0. The fourth-order valence-electron chi connectivity index (χ4n) is 2.32. The second-order valence-electron chi connectivity index (χ2n) is 5.09. The maximum atomic E-state index is 10.3. The van der Waals surface area contributed by atoms with Gasteiger partial charge in [0.1, 0.15) is 24.4 Å². The lowest BCUT2D eigenvalue weighted by Gasteiger charge is -2.41. The van der Waals surface area contributed by atoms with Gasteiger partial charge in [-0.15, -0.1) is 6.58 Å². The average molecular weight is 310 g/mol. The number of aliphatic hydroxyl groups is 3. The molecule has 1 aromatic carbocycles. The second-order valence-corrected chi connectivity index (χ2v) is 5.09. The van der Waals surface area contributed by atoms with E-state index in [1.54, 1.807) is 0 Å². The van der Waals surface area contributed by atoms with Gasteiger partial charge in [0.15, 0.2) is 6.29 Å². The molecule has 0 saturated carbocycles. The molecule has 0 amide bonds. The molecule has 0 aliphatic carbocycles. The number of hydrogen-bond acceptors (Lipinski definition) is 6. The molecular weight excluding hydrogens is 288 g/mol. The Kier molecular flexibility index (Phi) is 6.50. The van der Waals surface area contributed by atoms with Gasteiger partial charge in [0.2, 0.25) is 0 Å². The topological polar surface area (TPSA) is 88.4 Å². The molecule has 1 heterocycles. The Labute approximate surface area is 129 Å². The molecule has 122 valence electrons. The third kappa shape index (κ3) is 4.13. The molecule has 1 aliphatic rings. The van der Waals surface area contributed by atoms with Crippen LogP contribution in [0.3, 0.4) is 0 Å². The first-order valence-electron chi connectivity index (χ1n) is 7.18. The maximum Gasteiger partial charge on any atom is 0.187 e. The lowest BCUT2D eigenvalue weighted by atomic mass is 9.99. The summed E-state index contributed by atoms with van der Waals surface area (Å²) in [5, 5.41) is 29.6. The third-order valence-corrected chi connectivity index (χ3v) is 3.49. The molecule has 5 atom stereocenters. The molecule has 6 nitrogen and oxygen atoms in total. The van der Waals surface area contributed by atoms with E-state index in [0.717, 1.165) is 5.56 Å². The van der Waals surface area contributed by atoms with Crippen molar-refractivity contribution in [3.63, 3.8) is 0 Å². The molecule has 0 aromatic heterocycles. The van der Waals surface area contributed by atoms with Gasteiger partial charge in [-0.1, -0.05) is 36.4 Å². The van der Waals surface area contributed by atoms with E-state index in [2.05, 4.69) is 6.58 Å². The SMILES string of the molecule is C=CCO[C@@H]1[C@H](O)[C@@H](OCc2ccccc2)O[C@H](CO)[C@H]1O. The molecule has 22 heavy (non-hydrogen) atoms. The number of hydrogen-bond donors (Lipinski definition) is 3. The van der Waals surface area contributed by atoms with Crippen molar-refractivity contribution in [2.45, 2.75) is 37.3 Å². The van der Waals surface area contributed by atoms with Crippen LogP contribution in [0.4, 0.5) is 0 Å². The van der Waals surface area contributed by atoms with E-state index in [0.29, 0.717) is 0 Å². The van der Waals surface area contributed by atoms with Gasteiger partial charge in [-0.05, 0) is 5.56 Å². The molecule has 0 unspecified atom stereocenters. The van der Waals surface area contributed by atoms with E-state index in [4.69, 9.17) is 14.2 Å². The Balaban J connectivity index is 2.00. The molecule has 0 bridgehead atoms. The molecule has 0 spiro atoms. The van der Waals surface area contributed by atoms with Crippen LogP contribution < -0.4 is 0 Å². The Morgan fingerprint density at radius 3 is 2.50 bits per heavy atom. The summed E-state index contributed by atoms with van der Waals surface area (Å²) in [6.07, 6.45) is -3.57. The molecule has 1 saturated heterocycles. The monoisotopic (exact) mass is 310 g/mol. The van der Waals surface area contributed by atoms with Gasteiger partial charge in [0.05, 0.1) is 19.8 Å². The molecule has 6 heteroatoms. The molecule has 1 aromatic rings. The van der Waals surface area contributed by atoms with Gasteiger partial charge < -0.3 is 29.5 Å². The average Bonchev–Trinajstić information content (AvgIpc) is 2.55. The fraction of sp³-hybridized carbons (Fsp3) is 0.500. The number of benzene rings is 1. The van der Waals surface area contributed by atoms with Crippen LogP contribution >= 0.6 is 0 Å². The first-order valence-corrected chi connectivity index (χ1v) is 7.18. The Hall–Kier alpha value is -1.28. The first kappa shape index (κ1) is 17.1. The minimum atomic E-state index is -1.17. The van der Waals surface area contributed by atoms with Gasteiger partial charge in [0.25, 0.3) is 0 Å². The van der Waals surface area contributed by atoms with E-state index >= 15 is 0 Å². The van der Waals surface area contributed by atoms with Crippen LogP contribution in [0.2, 0.25) is 0 Å². The highest BCUT2D eigenvalue weighted by Crippen LogP contribution is 2.25. The molecule has 1 aliphatic heterocycles. The molecule has 3 N–H and O–H groups in total. The summed E-state index contributed by atoms with van der Waals surface area (Å²) < 4.78 is 16.4. The van der Waals surface area contributed by atoms with Crippen molar-refractivity contribution in [2.24, 2.45) is 0 Å². The van der Waals surface area contributed by atoms with E-state index in [1.165, 1.54) is 6.08 Å².